The zero-order chi connectivity index (χ0) is 20.6. The zero-order valence-electron chi connectivity index (χ0n) is 17.4. The molecule has 0 aliphatic carbocycles. The molecule has 1 heterocycles. The van der Waals surface area contributed by atoms with Crippen LogP contribution in [0.3, 0.4) is 0 Å². The number of hydrogen-bond donors (Lipinski definition) is 0. The molecule has 0 spiro atoms. The van der Waals surface area contributed by atoms with Crippen molar-refractivity contribution in [3.63, 3.8) is 0 Å². The summed E-state index contributed by atoms with van der Waals surface area (Å²) in [6.07, 6.45) is 4.59. The predicted octanol–water partition coefficient (Wildman–Crippen LogP) is 5.50. The van der Waals surface area contributed by atoms with Gasteiger partial charge in [0, 0.05) is 17.7 Å². The van der Waals surface area contributed by atoms with Crippen LogP contribution < -0.4 is 4.74 Å². The number of likely N-dealkylation sites (tertiary alicyclic amines) is 1. The second kappa shape index (κ2) is 10.2. The molecule has 0 unspecified atom stereocenters. The first-order chi connectivity index (χ1) is 14.8. The number of aldehydes is 1. The lowest BCUT2D eigenvalue weighted by Gasteiger charge is -2.32. The number of hydrogen-bond acceptors (Lipinski definition) is 3. The van der Waals surface area contributed by atoms with Gasteiger partial charge in [0.15, 0.2) is 6.29 Å². The van der Waals surface area contributed by atoms with Gasteiger partial charge in [-0.1, -0.05) is 72.8 Å². The summed E-state index contributed by atoms with van der Waals surface area (Å²) in [5.74, 6) is 1.62. The molecule has 0 N–H and O–H groups in total. The van der Waals surface area contributed by atoms with Gasteiger partial charge in [0.1, 0.15) is 12.4 Å². The van der Waals surface area contributed by atoms with E-state index in [2.05, 4.69) is 35.2 Å². The van der Waals surface area contributed by atoms with Crippen molar-refractivity contribution in [3.8, 4) is 16.9 Å². The lowest BCUT2D eigenvalue weighted by Crippen LogP contribution is -2.37. The Morgan fingerprint density at radius 3 is 2.27 bits per heavy atom. The molecule has 0 bridgehead atoms. The van der Waals surface area contributed by atoms with Crippen LogP contribution in [0.2, 0.25) is 0 Å². The molecule has 0 radical (unpaired) electrons. The van der Waals surface area contributed by atoms with E-state index in [1.807, 2.05) is 48.5 Å². The van der Waals surface area contributed by atoms with E-state index in [1.165, 1.54) is 24.8 Å². The SMILES string of the molecule is O=Cc1ccccc1-c1ccccc1OCCN1CCC(Cc2ccccc2)CC1. The van der Waals surface area contributed by atoms with Crippen LogP contribution in [0.1, 0.15) is 28.8 Å². The monoisotopic (exact) mass is 399 g/mol. The van der Waals surface area contributed by atoms with Gasteiger partial charge in [0.25, 0.3) is 0 Å². The molecule has 3 aromatic carbocycles. The molecular formula is C27H29NO2. The molecule has 4 rings (SSSR count). The first-order valence-corrected chi connectivity index (χ1v) is 10.9. The molecule has 154 valence electrons. The Morgan fingerprint density at radius 1 is 0.833 bits per heavy atom. The molecule has 1 fully saturated rings. The Balaban J connectivity index is 1.29. The Hall–Kier alpha value is -2.91. The molecule has 3 nitrogen and oxygen atoms in total. The summed E-state index contributed by atoms with van der Waals surface area (Å²) >= 11 is 0. The average Bonchev–Trinajstić information content (AvgIpc) is 2.81. The van der Waals surface area contributed by atoms with Gasteiger partial charge in [-0.3, -0.25) is 9.69 Å². The van der Waals surface area contributed by atoms with Crippen molar-refractivity contribution in [2.24, 2.45) is 5.92 Å². The number of rotatable bonds is 8. The highest BCUT2D eigenvalue weighted by Gasteiger charge is 2.19. The van der Waals surface area contributed by atoms with Gasteiger partial charge in [0.2, 0.25) is 0 Å². The fourth-order valence-electron chi connectivity index (χ4n) is 4.31. The second-order valence-corrected chi connectivity index (χ2v) is 8.02. The number of ether oxygens (including phenoxy) is 1. The standard InChI is InChI=1S/C27H29NO2/c29-21-24-10-4-5-11-25(24)26-12-6-7-13-27(26)30-19-18-28-16-14-23(15-17-28)20-22-8-2-1-3-9-22/h1-13,21,23H,14-20H2. The quantitative estimate of drug-likeness (QED) is 0.469. The van der Waals surface area contributed by atoms with E-state index >= 15 is 0 Å². The summed E-state index contributed by atoms with van der Waals surface area (Å²) in [4.78, 5) is 13.9. The zero-order valence-corrected chi connectivity index (χ0v) is 17.4. The van der Waals surface area contributed by atoms with Gasteiger partial charge in [0.05, 0.1) is 0 Å². The van der Waals surface area contributed by atoms with Crippen molar-refractivity contribution in [2.75, 3.05) is 26.2 Å². The average molecular weight is 400 g/mol. The highest BCUT2D eigenvalue weighted by atomic mass is 16.5. The number of piperidine rings is 1. The fraction of sp³-hybridized carbons (Fsp3) is 0.296. The normalized spacial score (nSPS) is 15.1. The number of benzene rings is 3. The van der Waals surface area contributed by atoms with E-state index in [0.717, 1.165) is 48.7 Å². The summed E-state index contributed by atoms with van der Waals surface area (Å²) < 4.78 is 6.16. The van der Waals surface area contributed by atoms with Crippen molar-refractivity contribution in [1.29, 1.82) is 0 Å². The Labute approximate surface area is 179 Å². The fourth-order valence-corrected chi connectivity index (χ4v) is 4.31. The Kier molecular flexibility index (Phi) is 6.94. The van der Waals surface area contributed by atoms with Gasteiger partial charge in [-0.25, -0.2) is 0 Å². The molecule has 0 saturated carbocycles. The van der Waals surface area contributed by atoms with E-state index in [9.17, 15) is 4.79 Å². The molecule has 1 aliphatic heterocycles. The lowest BCUT2D eigenvalue weighted by atomic mass is 9.90. The second-order valence-electron chi connectivity index (χ2n) is 8.02. The molecule has 3 heteroatoms. The Bertz CT molecular complexity index is 946. The van der Waals surface area contributed by atoms with Gasteiger partial charge >= 0.3 is 0 Å². The van der Waals surface area contributed by atoms with Crippen LogP contribution in [-0.4, -0.2) is 37.4 Å². The van der Waals surface area contributed by atoms with E-state index in [-0.39, 0.29) is 0 Å². The highest BCUT2D eigenvalue weighted by Crippen LogP contribution is 2.31. The molecule has 30 heavy (non-hydrogen) atoms. The lowest BCUT2D eigenvalue weighted by molar-refractivity contribution is 0.112. The Morgan fingerprint density at radius 2 is 1.50 bits per heavy atom. The molecule has 0 aromatic heterocycles. The third-order valence-electron chi connectivity index (χ3n) is 6.00. The largest absolute Gasteiger partial charge is 0.492 e. The van der Waals surface area contributed by atoms with Crippen LogP contribution >= 0.6 is 0 Å². The number of nitrogens with zero attached hydrogens (tertiary/aromatic N) is 1. The van der Waals surface area contributed by atoms with Crippen LogP contribution in [-0.2, 0) is 6.42 Å². The molecule has 1 saturated heterocycles. The molecular weight excluding hydrogens is 370 g/mol. The maximum Gasteiger partial charge on any atom is 0.150 e. The first-order valence-electron chi connectivity index (χ1n) is 10.9. The number of para-hydroxylation sites is 1. The van der Waals surface area contributed by atoms with E-state index in [0.29, 0.717) is 12.2 Å². The number of carbonyl (C=O) groups excluding carboxylic acids is 1. The topological polar surface area (TPSA) is 29.5 Å². The van der Waals surface area contributed by atoms with Crippen LogP contribution in [0.15, 0.2) is 78.9 Å². The third-order valence-corrected chi connectivity index (χ3v) is 6.00. The van der Waals surface area contributed by atoms with Gasteiger partial charge in [-0.2, -0.15) is 0 Å². The number of carbonyl (C=O) groups is 1. The minimum Gasteiger partial charge on any atom is -0.492 e. The van der Waals surface area contributed by atoms with Gasteiger partial charge in [-0.05, 0) is 55.5 Å². The van der Waals surface area contributed by atoms with Crippen LogP contribution in [0.25, 0.3) is 11.1 Å². The van der Waals surface area contributed by atoms with Crippen molar-refractivity contribution >= 4 is 6.29 Å². The van der Waals surface area contributed by atoms with E-state index < -0.39 is 0 Å². The van der Waals surface area contributed by atoms with Crippen molar-refractivity contribution in [2.45, 2.75) is 19.3 Å². The van der Waals surface area contributed by atoms with Gasteiger partial charge < -0.3 is 4.74 Å². The van der Waals surface area contributed by atoms with Crippen LogP contribution in [0, 0.1) is 5.92 Å². The summed E-state index contributed by atoms with van der Waals surface area (Å²) in [6.45, 7) is 3.86. The smallest absolute Gasteiger partial charge is 0.150 e. The molecule has 0 amide bonds. The summed E-state index contributed by atoms with van der Waals surface area (Å²) in [5, 5.41) is 0. The summed E-state index contributed by atoms with van der Waals surface area (Å²) in [6, 6.07) is 26.5. The maximum absolute atomic E-state index is 11.4. The van der Waals surface area contributed by atoms with Crippen molar-refractivity contribution < 1.29 is 9.53 Å². The minimum atomic E-state index is 0.656. The van der Waals surface area contributed by atoms with Crippen molar-refractivity contribution in [3.05, 3.63) is 90.0 Å². The van der Waals surface area contributed by atoms with Crippen molar-refractivity contribution in [1.82, 2.24) is 4.90 Å². The van der Waals surface area contributed by atoms with Crippen LogP contribution in [0.4, 0.5) is 0 Å². The van der Waals surface area contributed by atoms with E-state index in [1.54, 1.807) is 0 Å². The third kappa shape index (κ3) is 5.17. The maximum atomic E-state index is 11.4. The first kappa shape index (κ1) is 20.4. The molecule has 3 aromatic rings. The highest BCUT2D eigenvalue weighted by molar-refractivity contribution is 5.89. The summed E-state index contributed by atoms with van der Waals surface area (Å²) in [7, 11) is 0. The minimum absolute atomic E-state index is 0.656. The van der Waals surface area contributed by atoms with Crippen LogP contribution in [0.5, 0.6) is 5.75 Å². The summed E-state index contributed by atoms with van der Waals surface area (Å²) in [5.41, 5.74) is 4.03. The van der Waals surface area contributed by atoms with Gasteiger partial charge in [-0.15, -0.1) is 0 Å². The molecule has 0 atom stereocenters. The predicted molar refractivity (Wildman–Crippen MR) is 122 cm³/mol. The van der Waals surface area contributed by atoms with E-state index in [4.69, 9.17) is 4.74 Å². The molecule has 1 aliphatic rings.